The molecule has 0 amide bonds. The number of ether oxygens (including phenoxy) is 7. The van der Waals surface area contributed by atoms with Crippen LogP contribution in [0.2, 0.25) is 0 Å². The molecule has 8 aromatic heterocycles. The zero-order valence-corrected chi connectivity index (χ0v) is 84.0. The second-order valence-corrected chi connectivity index (χ2v) is 42.3. The van der Waals surface area contributed by atoms with Gasteiger partial charge >= 0.3 is 16.4 Å². The minimum absolute atomic E-state index is 0.0591. The highest BCUT2D eigenvalue weighted by Gasteiger charge is 2.57. The number of aromatic nitrogens is 12. The monoisotopic (exact) mass is 1930 g/mol. The number of anilines is 4. The number of aromatic amines is 1. The van der Waals surface area contributed by atoms with Crippen molar-refractivity contribution in [3.63, 3.8) is 0 Å². The van der Waals surface area contributed by atoms with Gasteiger partial charge in [0.2, 0.25) is 23.1 Å². The van der Waals surface area contributed by atoms with Gasteiger partial charge in [0.05, 0.1) is 94.2 Å². The Morgan fingerprint density at radius 3 is 1.08 bits per heavy atom. The van der Waals surface area contributed by atoms with Gasteiger partial charge in [-0.2, -0.15) is 33.5 Å². The summed E-state index contributed by atoms with van der Waals surface area (Å²) in [4.78, 5) is 83.0. The van der Waals surface area contributed by atoms with Gasteiger partial charge in [0.1, 0.15) is 52.8 Å². The van der Waals surface area contributed by atoms with Gasteiger partial charge in [-0.3, -0.25) is 71.5 Å². The molecule has 0 radical (unpaired) electrons. The van der Waals surface area contributed by atoms with Crippen LogP contribution in [0.5, 0.6) is 0 Å². The van der Waals surface area contributed by atoms with Gasteiger partial charge < -0.3 is 69.7 Å². The van der Waals surface area contributed by atoms with E-state index >= 15 is 0 Å². The lowest BCUT2D eigenvalue weighted by Gasteiger charge is -2.24. The van der Waals surface area contributed by atoms with Crippen LogP contribution in [0.3, 0.4) is 0 Å². The quantitative estimate of drug-likeness (QED) is 0.0189. The Morgan fingerprint density at radius 2 is 0.784 bits per heavy atom. The molecule has 4 saturated carbocycles. The Kier molecular flexibility index (Phi) is 33.2. The van der Waals surface area contributed by atoms with Crippen molar-refractivity contribution in [1.29, 1.82) is 0 Å². The first kappa shape index (κ1) is 105. The van der Waals surface area contributed by atoms with E-state index in [2.05, 4.69) is 91.7 Å². The van der Waals surface area contributed by atoms with Crippen LogP contribution in [-0.2, 0) is 72.4 Å². The van der Waals surface area contributed by atoms with Crippen molar-refractivity contribution in [1.82, 2.24) is 59.5 Å². The lowest BCUT2D eigenvalue weighted by Crippen LogP contribution is -2.36. The van der Waals surface area contributed by atoms with E-state index in [1.807, 2.05) is 119 Å². The molecule has 38 nitrogen and oxygen atoms in total. The van der Waals surface area contributed by atoms with Crippen molar-refractivity contribution < 1.29 is 98.7 Å². The molecule has 7 fully saturated rings. The number of H-pyrrole nitrogens is 1. The van der Waals surface area contributed by atoms with E-state index in [1.165, 1.54) is 18.6 Å². The van der Waals surface area contributed by atoms with Crippen molar-refractivity contribution in [2.45, 2.75) is 299 Å². The van der Waals surface area contributed by atoms with E-state index in [4.69, 9.17) is 43.4 Å². The Morgan fingerprint density at radius 1 is 0.478 bits per heavy atom. The van der Waals surface area contributed by atoms with E-state index in [9.17, 15) is 56.3 Å². The number of hydrogen-bond donors (Lipinski definition) is 9. The van der Waals surface area contributed by atoms with Gasteiger partial charge in [-0.25, -0.2) is 9.93 Å². The second-order valence-electron chi connectivity index (χ2n) is 39.2. The minimum atomic E-state index is -4.17. The van der Waals surface area contributed by atoms with Crippen molar-refractivity contribution in [3.05, 3.63) is 164 Å². The highest BCUT2D eigenvalue weighted by atomic mass is 32.2. The SMILES string of the molecule is CCO.Cc1[nH]nc(C(=O)c2cnccc2N[C@@H]2C[C@H](CP=O)[C@H]3OC(C)(C)O[C@H]32)c1C.Cc1c(C(=O)c2cnccc2N[C@@H]2C[C@H](COS(N)(=O)=O)[C@@H](O)[C@H]2O)nn(C(C)(C)C)c1C.Cc1c(C(=O)c2cnccc2N[C@@H]2C[C@H](CP=O)[C@H]3OC(C)(C)O[C@H]32)nn(C(=O)OC(C)(C)C)c1C.Cc1c(C(=O)c2cnccc2N[C@@H]2C[C@H](CP=O)[C@H]3OC(C)(C)O[C@H]32)nn(C(C)(C)C)c1C. The standard InChI is InChI=1S/C25H33N4O6P.C24H33N4O4P.C21H31N5O6S.C20H25N4O4P.C2H6O/c1-13-14(2)29(23(31)35-24(3,4)5)28-19(13)20(30)16-11-26-9-8-17(16)27-18-10-15(12-36-32)21-22(18)34-25(6,7)33-21;1-13-14(2)28(23(3,4)5)27-19(13)20(29)16-11-25-9-8-17(16)26-18-10-15(12-33-30)21-22(18)32-24(6,7)31-21;1-11-12(2)26(21(3,4)5)25-17(11)19(28)14-9-23-7-6-15(14)24-16-8-13(18(27)20(16)29)10-32-33(22,30)31;1-10-11(2)23-24-16(10)17(25)13-8-21-6-5-14(13)22-15-7-12(9-29-26)18-19(15)28-20(3,4)27-18;1-2-3/h8-9,11,15,18,21-22H,10,12H2,1-7H3,(H,26,27);8-9,11,15,18,21-22H,10,12H2,1-7H3,(H,25,26);6-7,9,13,16,18,20,27,29H,8,10H2,1-5H3,(H,23,24)(H2,22,30,31);5-6,8,12,15,18-19H,7,9H2,1-4H3,(H,21,22)(H,23,24);3H,2H2,1H3/t2*15-,18-,21-,22+;13-,16-,18-,20+;12-,15-,18-,19+;/m1111./s1. The highest BCUT2D eigenvalue weighted by Crippen LogP contribution is 2.48. The predicted molar refractivity (Wildman–Crippen MR) is 500 cm³/mol. The topological polar surface area (TPSA) is 513 Å². The van der Waals surface area contributed by atoms with Gasteiger partial charge in [0, 0.05) is 160 Å². The molecule has 10 N–H and O–H groups in total. The van der Waals surface area contributed by atoms with Crippen LogP contribution in [-0.4, -0.2) is 240 Å². The number of nitrogens with zero attached hydrogens (tertiary/aromatic N) is 11. The van der Waals surface area contributed by atoms with Gasteiger partial charge in [-0.1, -0.05) is 0 Å². The number of pyridine rings is 4. The third-order valence-corrected chi connectivity index (χ3v) is 27.1. The summed E-state index contributed by atoms with van der Waals surface area (Å²) in [6.45, 7) is 45.3. The Hall–Kier alpha value is -9.40. The molecule has 0 unspecified atom stereocenters. The normalized spacial score (nSPS) is 25.3. The van der Waals surface area contributed by atoms with Gasteiger partial charge in [-0.15, -0.1) is 0 Å². The molecule has 0 bridgehead atoms. The fourth-order valence-electron chi connectivity index (χ4n) is 18.1. The van der Waals surface area contributed by atoms with Crippen LogP contribution in [0.4, 0.5) is 27.5 Å². The summed E-state index contributed by atoms with van der Waals surface area (Å²) in [6, 6.07) is 5.98. The summed E-state index contributed by atoms with van der Waals surface area (Å²) in [5, 5.41) is 67.3. The van der Waals surface area contributed by atoms with Crippen molar-refractivity contribution in [3.8, 4) is 0 Å². The number of ketones is 4. The van der Waals surface area contributed by atoms with Crippen molar-refractivity contribution in [2.75, 3.05) is 53.0 Å². The van der Waals surface area contributed by atoms with Gasteiger partial charge in [0.15, 0.2) is 42.7 Å². The summed E-state index contributed by atoms with van der Waals surface area (Å²) in [5.74, 6) is -3.53. The maximum absolute atomic E-state index is 13.6. The molecule has 728 valence electrons. The number of fused-ring (bicyclic) bond motifs is 3. The van der Waals surface area contributed by atoms with E-state index in [-0.39, 0.29) is 163 Å². The lowest BCUT2D eigenvalue weighted by atomic mass is 10.0. The van der Waals surface area contributed by atoms with Gasteiger partial charge in [0.25, 0.3) is 0 Å². The van der Waals surface area contributed by atoms with Crippen LogP contribution in [0.15, 0.2) is 73.8 Å². The van der Waals surface area contributed by atoms with Crippen LogP contribution in [0, 0.1) is 79.1 Å². The van der Waals surface area contributed by atoms with E-state index < -0.39 is 63.5 Å². The van der Waals surface area contributed by atoms with Crippen LogP contribution in [0.25, 0.3) is 0 Å². The molecule has 3 aliphatic heterocycles. The molecular formula is C92H128N17O21P3S. The third-order valence-electron chi connectivity index (χ3n) is 24.7. The molecule has 16 atom stereocenters. The molecule has 0 aromatic carbocycles. The summed E-state index contributed by atoms with van der Waals surface area (Å²) in [5.41, 5.74) is 10.3. The molecule has 3 saturated heterocycles. The van der Waals surface area contributed by atoms with Crippen molar-refractivity contribution in [2.24, 2.45) is 28.8 Å². The lowest BCUT2D eigenvalue weighted by molar-refractivity contribution is -0.156. The van der Waals surface area contributed by atoms with E-state index in [0.29, 0.717) is 92.7 Å². The number of aryl methyl sites for hydroxylation is 1. The maximum Gasteiger partial charge on any atom is 0.435 e. The van der Waals surface area contributed by atoms with Crippen molar-refractivity contribution >= 4 is 87.7 Å². The number of nitrogens with two attached hydrogens (primary N) is 1. The Bertz CT molecular complexity index is 5740. The number of aliphatic hydroxyl groups excluding tert-OH is 3. The summed E-state index contributed by atoms with van der Waals surface area (Å²) < 4.78 is 108. The first-order valence-corrected chi connectivity index (χ1v) is 49.2. The molecule has 4 aliphatic carbocycles. The van der Waals surface area contributed by atoms with Crippen LogP contribution >= 0.6 is 25.4 Å². The molecule has 134 heavy (non-hydrogen) atoms. The fourth-order valence-corrected chi connectivity index (χ4v) is 20.1. The molecule has 11 heterocycles. The zero-order valence-electron chi connectivity index (χ0n) is 80.5. The largest absolute Gasteiger partial charge is 0.442 e. The van der Waals surface area contributed by atoms with Crippen LogP contribution in [0.1, 0.15) is 246 Å². The van der Waals surface area contributed by atoms with E-state index in [1.54, 1.807) is 90.7 Å². The van der Waals surface area contributed by atoms with E-state index in [0.717, 1.165) is 51.3 Å². The first-order chi connectivity index (χ1) is 62.7. The molecule has 8 aromatic rings. The number of carbonyl (C=O) groups excluding carboxylic acids is 5. The number of carbonyl (C=O) groups is 5. The average molecular weight is 1930 g/mol. The summed E-state index contributed by atoms with van der Waals surface area (Å²) >= 11 is 0. The first-order valence-electron chi connectivity index (χ1n) is 44.7. The maximum atomic E-state index is 13.6. The Labute approximate surface area is 786 Å². The predicted octanol–water partition coefficient (Wildman–Crippen LogP) is 12.9. The average Bonchev–Trinajstić information content (AvgIpc) is 1.62. The summed E-state index contributed by atoms with van der Waals surface area (Å²) in [6.07, 6.45) is 12.2. The fraction of sp³-hybridized carbons (Fsp3) is 0.598. The highest BCUT2D eigenvalue weighted by molar-refractivity contribution is 7.84. The Balaban J connectivity index is 0.000000171. The molecule has 7 aliphatic rings. The number of aliphatic hydroxyl groups is 3. The zero-order chi connectivity index (χ0) is 98.7. The molecule has 15 rings (SSSR count). The third kappa shape index (κ3) is 24.2. The number of nitrogens with one attached hydrogen (secondary N) is 5. The molecular weight excluding hydrogens is 1800 g/mol. The second kappa shape index (κ2) is 42.3. The number of hydrogen-bond acceptors (Lipinski definition) is 33. The summed E-state index contributed by atoms with van der Waals surface area (Å²) in [7, 11) is -3.91. The van der Waals surface area contributed by atoms with Gasteiger partial charge in [-0.05, 0) is 216 Å². The molecule has 0 spiro atoms. The van der Waals surface area contributed by atoms with Crippen LogP contribution < -0.4 is 26.4 Å². The minimum Gasteiger partial charge on any atom is -0.442 e. The smallest absolute Gasteiger partial charge is 0.435 e. The number of rotatable bonds is 25. The molecule has 42 heteroatoms.